The minimum Gasteiger partial charge on any atom is -0.305 e. The molecule has 0 amide bonds. The molecule has 4 rings (SSSR count). The molecule has 4 nitrogen and oxygen atoms in total. The Hall–Kier alpha value is -2.30. The van der Waals surface area contributed by atoms with Crippen LogP contribution in [0.3, 0.4) is 0 Å². The maximum Gasteiger partial charge on any atom is 0.363 e. The van der Waals surface area contributed by atoms with Gasteiger partial charge in [0.1, 0.15) is 0 Å². The number of pyridine rings is 1. The first kappa shape index (κ1) is 25.8. The molecule has 182 valence electrons. The first-order chi connectivity index (χ1) is 17.0. The van der Waals surface area contributed by atoms with Gasteiger partial charge in [-0.3, -0.25) is 9.55 Å². The molecule has 35 heavy (non-hydrogen) atoms. The fourth-order valence-corrected chi connectivity index (χ4v) is 6.40. The quantitative estimate of drug-likeness (QED) is 0.148. The molecule has 0 bridgehead atoms. The summed E-state index contributed by atoms with van der Waals surface area (Å²) in [5.74, 6) is 0.308. The van der Waals surface area contributed by atoms with E-state index in [1.54, 1.807) is 0 Å². The predicted octanol–water partition coefficient (Wildman–Crippen LogP) is 8.03. The number of hydrogen-bond donors (Lipinski definition) is 0. The second-order valence-electron chi connectivity index (χ2n) is 8.55. The third-order valence-electron chi connectivity index (χ3n) is 6.05. The lowest BCUT2D eigenvalue weighted by atomic mass is 9.95. The van der Waals surface area contributed by atoms with E-state index in [-0.39, 0.29) is 13.2 Å². The predicted molar refractivity (Wildman–Crippen MR) is 149 cm³/mol. The number of aromatic nitrogens is 1. The average Bonchev–Trinajstić information content (AvgIpc) is 2.89. The Bertz CT molecular complexity index is 1320. The zero-order chi connectivity index (χ0) is 24.8. The molecule has 1 heterocycles. The molecule has 0 aliphatic heterocycles. The van der Waals surface area contributed by atoms with Crippen LogP contribution in [0.25, 0.3) is 22.0 Å². The molecular weight excluding hydrogens is 521 g/mol. The topological polar surface area (TPSA) is 48.4 Å². The molecular formula is C29H31BrNO3P. The van der Waals surface area contributed by atoms with Crippen LogP contribution in [0, 0.1) is 0 Å². The van der Waals surface area contributed by atoms with E-state index in [2.05, 4.69) is 89.6 Å². The molecule has 4 aromatic rings. The van der Waals surface area contributed by atoms with Crippen LogP contribution in [0.4, 0.5) is 0 Å². The van der Waals surface area contributed by atoms with Crippen molar-refractivity contribution in [2.75, 3.05) is 13.2 Å². The molecule has 3 aromatic carbocycles. The number of alkyl halides is 1. The van der Waals surface area contributed by atoms with Crippen LogP contribution in [0.15, 0.2) is 78.9 Å². The lowest BCUT2D eigenvalue weighted by Gasteiger charge is -2.20. The largest absolute Gasteiger partial charge is 0.363 e. The van der Waals surface area contributed by atoms with Crippen LogP contribution in [0.5, 0.6) is 0 Å². The van der Waals surface area contributed by atoms with Gasteiger partial charge in [-0.15, -0.1) is 0 Å². The summed E-state index contributed by atoms with van der Waals surface area (Å²) < 4.78 is 25.5. The molecule has 0 radical (unpaired) electrons. The van der Waals surface area contributed by atoms with Crippen molar-refractivity contribution in [3.05, 3.63) is 95.7 Å². The first-order valence-electron chi connectivity index (χ1n) is 12.0. The number of halogens is 1. The van der Waals surface area contributed by atoms with Gasteiger partial charge in [0.25, 0.3) is 0 Å². The van der Waals surface area contributed by atoms with Gasteiger partial charge in [-0.05, 0) is 66.6 Å². The summed E-state index contributed by atoms with van der Waals surface area (Å²) in [5, 5.41) is 2.24. The van der Waals surface area contributed by atoms with Gasteiger partial charge in [0, 0.05) is 16.4 Å². The van der Waals surface area contributed by atoms with Crippen LogP contribution in [-0.4, -0.2) is 18.2 Å². The summed E-state index contributed by atoms with van der Waals surface area (Å²) in [6, 6.07) is 26.9. The molecule has 1 unspecified atom stereocenters. The molecule has 0 aliphatic carbocycles. The third kappa shape index (κ3) is 5.92. The lowest BCUT2D eigenvalue weighted by Crippen LogP contribution is -2.14. The first-order valence-corrected chi connectivity index (χ1v) is 14.7. The van der Waals surface area contributed by atoms with Gasteiger partial charge >= 0.3 is 7.60 Å². The van der Waals surface area contributed by atoms with E-state index >= 15 is 0 Å². The Labute approximate surface area is 216 Å². The zero-order valence-electron chi connectivity index (χ0n) is 20.4. The highest BCUT2D eigenvalue weighted by Gasteiger charge is 2.30. The minimum atomic E-state index is -3.56. The summed E-state index contributed by atoms with van der Waals surface area (Å²) in [7, 11) is -3.56. The van der Waals surface area contributed by atoms with E-state index in [4.69, 9.17) is 14.0 Å². The molecule has 0 aliphatic rings. The molecule has 0 saturated carbocycles. The Kier molecular flexibility index (Phi) is 8.56. The Morgan fingerprint density at radius 2 is 1.57 bits per heavy atom. The second kappa shape index (κ2) is 11.6. The van der Waals surface area contributed by atoms with Crippen molar-refractivity contribution < 1.29 is 13.6 Å². The average molecular weight is 552 g/mol. The lowest BCUT2D eigenvalue weighted by molar-refractivity contribution is 0.230. The van der Waals surface area contributed by atoms with Gasteiger partial charge in [0.05, 0.1) is 24.0 Å². The van der Waals surface area contributed by atoms with Crippen LogP contribution < -0.4 is 5.30 Å². The third-order valence-corrected chi connectivity index (χ3v) is 8.82. The Balaban J connectivity index is 1.83. The Morgan fingerprint density at radius 3 is 2.20 bits per heavy atom. The van der Waals surface area contributed by atoms with E-state index < -0.39 is 7.60 Å². The maximum absolute atomic E-state index is 14.0. The maximum atomic E-state index is 14.0. The van der Waals surface area contributed by atoms with Crippen LogP contribution in [0.2, 0.25) is 0 Å². The van der Waals surface area contributed by atoms with E-state index in [0.717, 1.165) is 34.0 Å². The zero-order valence-corrected chi connectivity index (χ0v) is 22.9. The van der Waals surface area contributed by atoms with Crippen molar-refractivity contribution in [3.63, 3.8) is 0 Å². The van der Waals surface area contributed by atoms with Gasteiger partial charge in [0.15, 0.2) is 0 Å². The summed E-state index contributed by atoms with van der Waals surface area (Å²) in [6.07, 6.45) is 0.780. The van der Waals surface area contributed by atoms with Crippen LogP contribution in [-0.2, 0) is 25.4 Å². The fraction of sp³-hybridized carbons (Fsp3) is 0.276. The molecule has 0 N–H and O–H groups in total. The SMILES string of the molecule is CCOP(=O)(OCC)c1cc(-c2ccc(CBr)cc2)cc2ccc(CC(C)c3ccccc3)nc12. The summed E-state index contributed by atoms with van der Waals surface area (Å²) in [4.78, 5) is 5.00. The van der Waals surface area contributed by atoms with Crippen LogP contribution in [0.1, 0.15) is 43.5 Å². The number of hydrogen-bond acceptors (Lipinski definition) is 4. The Morgan fingerprint density at radius 1 is 0.886 bits per heavy atom. The van der Waals surface area contributed by atoms with E-state index in [9.17, 15) is 4.57 Å². The van der Waals surface area contributed by atoms with Crippen molar-refractivity contribution >= 4 is 39.7 Å². The van der Waals surface area contributed by atoms with Crippen molar-refractivity contribution in [2.24, 2.45) is 0 Å². The van der Waals surface area contributed by atoms with Gasteiger partial charge in [-0.1, -0.05) is 83.5 Å². The highest BCUT2D eigenvalue weighted by atomic mass is 79.9. The number of benzene rings is 3. The second-order valence-corrected chi connectivity index (χ2v) is 11.1. The summed E-state index contributed by atoms with van der Waals surface area (Å²) in [6.45, 7) is 6.43. The van der Waals surface area contributed by atoms with Crippen molar-refractivity contribution in [2.45, 2.75) is 38.4 Å². The monoisotopic (exact) mass is 551 g/mol. The molecule has 0 saturated heterocycles. The van der Waals surface area contributed by atoms with Crippen molar-refractivity contribution in [3.8, 4) is 11.1 Å². The fourth-order valence-electron chi connectivity index (χ4n) is 4.26. The summed E-state index contributed by atoms with van der Waals surface area (Å²) in [5.41, 5.74) is 6.09. The van der Waals surface area contributed by atoms with Gasteiger partial charge in [0.2, 0.25) is 0 Å². The van der Waals surface area contributed by atoms with E-state index in [1.807, 2.05) is 26.0 Å². The van der Waals surface area contributed by atoms with Crippen LogP contribution >= 0.6 is 23.5 Å². The number of fused-ring (bicyclic) bond motifs is 1. The number of nitrogens with zero attached hydrogens (tertiary/aromatic N) is 1. The summed E-state index contributed by atoms with van der Waals surface area (Å²) >= 11 is 3.50. The molecule has 1 aromatic heterocycles. The smallest absolute Gasteiger partial charge is 0.305 e. The van der Waals surface area contributed by atoms with Crippen molar-refractivity contribution in [1.29, 1.82) is 0 Å². The van der Waals surface area contributed by atoms with E-state index in [1.165, 1.54) is 11.1 Å². The van der Waals surface area contributed by atoms with E-state index in [0.29, 0.717) is 16.7 Å². The van der Waals surface area contributed by atoms with Gasteiger partial charge in [-0.25, -0.2) is 0 Å². The highest BCUT2D eigenvalue weighted by Crippen LogP contribution is 2.49. The number of rotatable bonds is 10. The van der Waals surface area contributed by atoms with Gasteiger partial charge < -0.3 is 9.05 Å². The molecule has 6 heteroatoms. The standard InChI is InChI=1S/C29H31BrNO3P/c1-4-33-35(32,34-5-2)28-19-26(24-13-11-22(20-30)12-14-24)18-25-15-16-27(31-29(25)28)17-21(3)23-9-7-6-8-10-23/h6-16,18-19,21H,4-5,17,20H2,1-3H3. The highest BCUT2D eigenvalue weighted by molar-refractivity contribution is 9.08. The molecule has 0 fully saturated rings. The van der Waals surface area contributed by atoms with Crippen molar-refractivity contribution in [1.82, 2.24) is 4.98 Å². The molecule has 0 spiro atoms. The normalized spacial score (nSPS) is 12.7. The minimum absolute atomic E-state index is 0.285. The molecule has 1 atom stereocenters. The van der Waals surface area contributed by atoms with Gasteiger partial charge in [-0.2, -0.15) is 0 Å².